The number of nitrogens with one attached hydrogen (secondary N) is 1. The average molecular weight is 258 g/mol. The van der Waals surface area contributed by atoms with Crippen LogP contribution in [0.3, 0.4) is 0 Å². The van der Waals surface area contributed by atoms with Crippen molar-refractivity contribution >= 4 is 28.1 Å². The van der Waals surface area contributed by atoms with Crippen LogP contribution in [0.4, 0.5) is 11.4 Å². The number of benzene rings is 2. The second-order valence-corrected chi connectivity index (χ2v) is 4.61. The quantitative estimate of drug-likeness (QED) is 0.677. The summed E-state index contributed by atoms with van der Waals surface area (Å²) in [5.74, 6) is -0.251. The Hall–Kier alpha value is -2.43. The highest BCUT2D eigenvalue weighted by Gasteiger charge is 2.13. The number of hydrogen-bond acceptors (Lipinski definition) is 3. The molecule has 5 nitrogen and oxygen atoms in total. The average Bonchev–Trinajstić information content (AvgIpc) is 2.37. The third kappa shape index (κ3) is 2.70. The zero-order chi connectivity index (χ0) is 14.0. The number of non-ortho nitro benzene ring substituents is 1. The van der Waals surface area contributed by atoms with Crippen LogP contribution in [0, 0.1) is 16.0 Å². The Kier molecular flexibility index (Phi) is 3.46. The van der Waals surface area contributed by atoms with Crippen molar-refractivity contribution in [3.05, 3.63) is 46.5 Å². The van der Waals surface area contributed by atoms with Gasteiger partial charge in [-0.3, -0.25) is 14.9 Å². The summed E-state index contributed by atoms with van der Waals surface area (Å²) in [7, 11) is 0. The van der Waals surface area contributed by atoms with Crippen molar-refractivity contribution in [1.82, 2.24) is 0 Å². The van der Waals surface area contributed by atoms with Gasteiger partial charge in [-0.25, -0.2) is 0 Å². The van der Waals surface area contributed by atoms with Crippen molar-refractivity contribution in [2.45, 2.75) is 13.8 Å². The van der Waals surface area contributed by atoms with Gasteiger partial charge in [-0.15, -0.1) is 0 Å². The molecule has 5 heteroatoms. The summed E-state index contributed by atoms with van der Waals surface area (Å²) in [5.41, 5.74) is 0.610. The Morgan fingerprint density at radius 1 is 1.26 bits per heavy atom. The molecule has 0 saturated heterocycles. The summed E-state index contributed by atoms with van der Waals surface area (Å²) in [6, 6.07) is 10.0. The molecule has 2 aromatic carbocycles. The van der Waals surface area contributed by atoms with Crippen molar-refractivity contribution < 1.29 is 9.72 Å². The van der Waals surface area contributed by atoms with E-state index in [9.17, 15) is 14.9 Å². The number of amides is 1. The predicted molar refractivity (Wildman–Crippen MR) is 74.1 cm³/mol. The van der Waals surface area contributed by atoms with Crippen LogP contribution in [0.1, 0.15) is 13.8 Å². The Bertz CT molecular complexity index is 650. The molecule has 1 N–H and O–H groups in total. The van der Waals surface area contributed by atoms with Gasteiger partial charge in [0, 0.05) is 17.7 Å². The maximum atomic E-state index is 11.6. The lowest BCUT2D eigenvalue weighted by molar-refractivity contribution is -0.383. The van der Waals surface area contributed by atoms with E-state index in [2.05, 4.69) is 5.32 Å². The van der Waals surface area contributed by atoms with Gasteiger partial charge in [-0.1, -0.05) is 32.0 Å². The SMILES string of the molecule is CC(C)C(=O)Nc1ccc2cccc([N+](=O)[O-])c2c1. The number of carbonyl (C=O) groups excluding carboxylic acids is 1. The van der Waals surface area contributed by atoms with Crippen molar-refractivity contribution in [2.75, 3.05) is 5.32 Å². The van der Waals surface area contributed by atoms with E-state index >= 15 is 0 Å². The molecule has 2 rings (SSSR count). The fraction of sp³-hybridized carbons (Fsp3) is 0.214. The molecule has 98 valence electrons. The molecule has 0 atom stereocenters. The van der Waals surface area contributed by atoms with E-state index in [0.717, 1.165) is 5.39 Å². The van der Waals surface area contributed by atoms with Crippen LogP contribution in [0.15, 0.2) is 36.4 Å². The number of rotatable bonds is 3. The van der Waals surface area contributed by atoms with Crippen molar-refractivity contribution in [1.29, 1.82) is 0 Å². The lowest BCUT2D eigenvalue weighted by Crippen LogP contribution is -2.17. The predicted octanol–water partition coefficient (Wildman–Crippen LogP) is 3.34. The first kappa shape index (κ1) is 13.0. The highest BCUT2D eigenvalue weighted by Crippen LogP contribution is 2.28. The molecule has 0 bridgehead atoms. The number of carbonyl (C=O) groups is 1. The monoisotopic (exact) mass is 258 g/mol. The van der Waals surface area contributed by atoms with E-state index in [0.29, 0.717) is 11.1 Å². The molecular weight excluding hydrogens is 244 g/mol. The molecule has 0 fully saturated rings. The highest BCUT2D eigenvalue weighted by molar-refractivity contribution is 5.98. The van der Waals surface area contributed by atoms with Crippen LogP contribution in [0.2, 0.25) is 0 Å². The molecule has 0 spiro atoms. The van der Waals surface area contributed by atoms with Crippen LogP contribution in [0.25, 0.3) is 10.8 Å². The first-order chi connectivity index (χ1) is 8.99. The van der Waals surface area contributed by atoms with Crippen LogP contribution in [-0.4, -0.2) is 10.8 Å². The third-order valence-electron chi connectivity index (χ3n) is 2.85. The first-order valence-corrected chi connectivity index (χ1v) is 5.97. The van der Waals surface area contributed by atoms with E-state index in [1.807, 2.05) is 0 Å². The molecule has 0 unspecified atom stereocenters. The number of hydrogen-bond donors (Lipinski definition) is 1. The van der Waals surface area contributed by atoms with Crippen LogP contribution >= 0.6 is 0 Å². The molecule has 1 amide bonds. The van der Waals surface area contributed by atoms with E-state index < -0.39 is 4.92 Å². The van der Waals surface area contributed by atoms with Gasteiger partial charge in [0.25, 0.3) is 5.69 Å². The zero-order valence-electron chi connectivity index (χ0n) is 10.7. The standard InChI is InChI=1S/C14H14N2O3/c1-9(2)14(17)15-11-7-6-10-4-3-5-13(16(18)19)12(10)8-11/h3-9H,1-2H3,(H,15,17). The summed E-state index contributed by atoms with van der Waals surface area (Å²) in [4.78, 5) is 22.2. The Morgan fingerprint density at radius 3 is 2.63 bits per heavy atom. The normalized spacial score (nSPS) is 10.7. The lowest BCUT2D eigenvalue weighted by Gasteiger charge is -2.08. The third-order valence-corrected chi connectivity index (χ3v) is 2.85. The molecule has 0 saturated carbocycles. The summed E-state index contributed by atoms with van der Waals surface area (Å²) >= 11 is 0. The van der Waals surface area contributed by atoms with Gasteiger partial charge in [-0.05, 0) is 17.5 Å². The van der Waals surface area contributed by atoms with Crippen molar-refractivity contribution in [2.24, 2.45) is 5.92 Å². The Labute approximate surface area is 110 Å². The molecule has 2 aromatic rings. The van der Waals surface area contributed by atoms with Gasteiger partial charge in [0.05, 0.1) is 10.3 Å². The van der Waals surface area contributed by atoms with Crippen LogP contribution in [0.5, 0.6) is 0 Å². The largest absolute Gasteiger partial charge is 0.326 e. The number of nitro benzene ring substituents is 1. The summed E-state index contributed by atoms with van der Waals surface area (Å²) < 4.78 is 0. The molecular formula is C14H14N2O3. The summed E-state index contributed by atoms with van der Waals surface area (Å²) in [5, 5.41) is 15.0. The molecule has 0 radical (unpaired) electrons. The number of nitrogens with zero attached hydrogens (tertiary/aromatic N) is 1. The summed E-state index contributed by atoms with van der Waals surface area (Å²) in [6.45, 7) is 3.58. The summed E-state index contributed by atoms with van der Waals surface area (Å²) in [6.07, 6.45) is 0. The minimum atomic E-state index is -0.420. The van der Waals surface area contributed by atoms with Gasteiger partial charge in [0.15, 0.2) is 0 Å². The minimum absolute atomic E-state index is 0.0399. The Morgan fingerprint density at radius 2 is 2.00 bits per heavy atom. The highest BCUT2D eigenvalue weighted by atomic mass is 16.6. The van der Waals surface area contributed by atoms with Gasteiger partial charge >= 0.3 is 0 Å². The van der Waals surface area contributed by atoms with Crippen molar-refractivity contribution in [3.8, 4) is 0 Å². The zero-order valence-corrected chi connectivity index (χ0v) is 10.7. The van der Waals surface area contributed by atoms with Crippen LogP contribution < -0.4 is 5.32 Å². The van der Waals surface area contributed by atoms with Gasteiger partial charge in [0.1, 0.15) is 0 Å². The van der Waals surface area contributed by atoms with Gasteiger partial charge < -0.3 is 5.32 Å². The van der Waals surface area contributed by atoms with Crippen LogP contribution in [-0.2, 0) is 4.79 Å². The second kappa shape index (κ2) is 5.06. The number of anilines is 1. The molecule has 0 aromatic heterocycles. The maximum absolute atomic E-state index is 11.6. The fourth-order valence-electron chi connectivity index (χ4n) is 1.78. The van der Waals surface area contributed by atoms with E-state index in [4.69, 9.17) is 0 Å². The Balaban J connectivity index is 2.47. The minimum Gasteiger partial charge on any atom is -0.326 e. The first-order valence-electron chi connectivity index (χ1n) is 5.97. The number of fused-ring (bicyclic) bond motifs is 1. The molecule has 0 aliphatic rings. The van der Waals surface area contributed by atoms with E-state index in [-0.39, 0.29) is 17.5 Å². The molecule has 0 heterocycles. The van der Waals surface area contributed by atoms with Gasteiger partial charge in [-0.2, -0.15) is 0 Å². The molecule has 0 aliphatic heterocycles. The number of nitro groups is 1. The topological polar surface area (TPSA) is 72.2 Å². The smallest absolute Gasteiger partial charge is 0.277 e. The van der Waals surface area contributed by atoms with Gasteiger partial charge in [0.2, 0.25) is 5.91 Å². The van der Waals surface area contributed by atoms with E-state index in [1.54, 1.807) is 44.2 Å². The lowest BCUT2D eigenvalue weighted by atomic mass is 10.1. The fourth-order valence-corrected chi connectivity index (χ4v) is 1.78. The van der Waals surface area contributed by atoms with Crippen molar-refractivity contribution in [3.63, 3.8) is 0 Å². The molecule has 19 heavy (non-hydrogen) atoms. The molecule has 0 aliphatic carbocycles. The van der Waals surface area contributed by atoms with E-state index in [1.165, 1.54) is 6.07 Å². The second-order valence-electron chi connectivity index (χ2n) is 4.61. The maximum Gasteiger partial charge on any atom is 0.277 e.